The Hall–Kier alpha value is -2.11. The molecule has 0 bridgehead atoms. The molecule has 0 aliphatic carbocycles. The van der Waals surface area contributed by atoms with Crippen molar-refractivity contribution in [2.45, 2.75) is 6.61 Å². The van der Waals surface area contributed by atoms with Crippen LogP contribution in [0, 0.1) is 0 Å². The molecule has 0 fully saturated rings. The van der Waals surface area contributed by atoms with Crippen molar-refractivity contribution >= 4 is 5.82 Å². The maximum Gasteiger partial charge on any atom is 0.387 e. The van der Waals surface area contributed by atoms with Crippen LogP contribution in [-0.4, -0.2) is 11.8 Å². The Labute approximate surface area is 89.6 Å². The highest BCUT2D eigenvalue weighted by Gasteiger charge is 2.07. The Kier molecular flexibility index (Phi) is 2.72. The molecule has 6 heteroatoms. The van der Waals surface area contributed by atoms with Gasteiger partial charge in [0.15, 0.2) is 11.6 Å². The number of alkyl halides is 2. The van der Waals surface area contributed by atoms with Crippen LogP contribution in [0.4, 0.5) is 14.6 Å². The quantitative estimate of drug-likeness (QED) is 0.873. The van der Waals surface area contributed by atoms with Crippen LogP contribution >= 0.6 is 0 Å². The molecule has 0 aliphatic heterocycles. The second-order valence-corrected chi connectivity index (χ2v) is 3.02. The van der Waals surface area contributed by atoms with E-state index in [-0.39, 0.29) is 11.6 Å². The standard InChI is InChI=1S/C10H8F2N2O2/c11-10(12)15-7-3-1-6(2-4-7)8-5-9(13)14-16-8/h1-5,10H,(H2,13,14). The maximum absolute atomic E-state index is 11.9. The van der Waals surface area contributed by atoms with Crippen LogP contribution in [0.15, 0.2) is 34.9 Å². The van der Waals surface area contributed by atoms with E-state index in [1.165, 1.54) is 12.1 Å². The zero-order valence-corrected chi connectivity index (χ0v) is 8.06. The van der Waals surface area contributed by atoms with Gasteiger partial charge in [0, 0.05) is 11.6 Å². The summed E-state index contributed by atoms with van der Waals surface area (Å²) in [5, 5.41) is 3.52. The topological polar surface area (TPSA) is 61.3 Å². The Morgan fingerprint density at radius 1 is 1.25 bits per heavy atom. The van der Waals surface area contributed by atoms with Crippen molar-refractivity contribution in [2.24, 2.45) is 0 Å². The van der Waals surface area contributed by atoms with Crippen molar-refractivity contribution in [3.8, 4) is 17.1 Å². The average molecular weight is 226 g/mol. The summed E-state index contributed by atoms with van der Waals surface area (Å²) in [6.07, 6.45) is 0. The molecular weight excluding hydrogens is 218 g/mol. The summed E-state index contributed by atoms with van der Waals surface area (Å²) < 4.78 is 32.9. The molecule has 2 aromatic rings. The highest BCUT2D eigenvalue weighted by Crippen LogP contribution is 2.24. The Morgan fingerprint density at radius 2 is 1.94 bits per heavy atom. The summed E-state index contributed by atoms with van der Waals surface area (Å²) in [6.45, 7) is -2.83. The Balaban J connectivity index is 2.19. The van der Waals surface area contributed by atoms with E-state index < -0.39 is 6.61 Å². The van der Waals surface area contributed by atoms with Crippen LogP contribution in [0.25, 0.3) is 11.3 Å². The van der Waals surface area contributed by atoms with Crippen molar-refractivity contribution in [3.05, 3.63) is 30.3 Å². The number of halogens is 2. The summed E-state index contributed by atoms with van der Waals surface area (Å²) in [5.41, 5.74) is 6.07. The molecule has 0 aliphatic rings. The first-order chi connectivity index (χ1) is 7.65. The average Bonchev–Trinajstić information content (AvgIpc) is 2.65. The summed E-state index contributed by atoms with van der Waals surface area (Å²) >= 11 is 0. The van der Waals surface area contributed by atoms with Crippen LogP contribution in [0.5, 0.6) is 5.75 Å². The third-order valence-corrected chi connectivity index (χ3v) is 1.89. The minimum absolute atomic E-state index is 0.0891. The van der Waals surface area contributed by atoms with E-state index in [1.54, 1.807) is 18.2 Å². The summed E-state index contributed by atoms with van der Waals surface area (Å²) in [7, 11) is 0. The number of nitrogen functional groups attached to an aromatic ring is 1. The molecular formula is C10H8F2N2O2. The lowest BCUT2D eigenvalue weighted by atomic mass is 10.2. The van der Waals surface area contributed by atoms with E-state index in [0.29, 0.717) is 11.3 Å². The third-order valence-electron chi connectivity index (χ3n) is 1.89. The Morgan fingerprint density at radius 3 is 2.44 bits per heavy atom. The molecule has 16 heavy (non-hydrogen) atoms. The maximum atomic E-state index is 11.9. The molecule has 0 radical (unpaired) electrons. The van der Waals surface area contributed by atoms with Crippen LogP contribution in [0.2, 0.25) is 0 Å². The molecule has 1 aromatic heterocycles. The molecule has 2 rings (SSSR count). The number of ether oxygens (including phenoxy) is 1. The molecule has 0 spiro atoms. The number of anilines is 1. The highest BCUT2D eigenvalue weighted by atomic mass is 19.3. The van der Waals surface area contributed by atoms with Gasteiger partial charge in [-0.05, 0) is 24.3 Å². The first-order valence-electron chi connectivity index (χ1n) is 4.42. The molecule has 1 heterocycles. The van der Waals surface area contributed by atoms with E-state index in [4.69, 9.17) is 10.3 Å². The van der Waals surface area contributed by atoms with E-state index in [1.807, 2.05) is 0 Å². The van der Waals surface area contributed by atoms with Gasteiger partial charge in [0.05, 0.1) is 0 Å². The van der Waals surface area contributed by atoms with Gasteiger partial charge in [-0.15, -0.1) is 0 Å². The molecule has 0 unspecified atom stereocenters. The zero-order chi connectivity index (χ0) is 11.5. The zero-order valence-electron chi connectivity index (χ0n) is 8.06. The summed E-state index contributed by atoms with van der Waals surface area (Å²) in [4.78, 5) is 0. The molecule has 0 atom stereocenters. The predicted molar refractivity (Wildman–Crippen MR) is 53.0 cm³/mol. The number of hydrogen-bond donors (Lipinski definition) is 1. The van der Waals surface area contributed by atoms with Gasteiger partial charge in [-0.25, -0.2) is 0 Å². The largest absolute Gasteiger partial charge is 0.435 e. The van der Waals surface area contributed by atoms with Crippen LogP contribution in [0.3, 0.4) is 0 Å². The van der Waals surface area contributed by atoms with Gasteiger partial charge in [0.25, 0.3) is 0 Å². The monoisotopic (exact) mass is 226 g/mol. The van der Waals surface area contributed by atoms with Crippen molar-refractivity contribution in [2.75, 3.05) is 5.73 Å². The fourth-order valence-electron chi connectivity index (χ4n) is 1.23. The molecule has 0 amide bonds. The predicted octanol–water partition coefficient (Wildman–Crippen LogP) is 2.53. The summed E-state index contributed by atoms with van der Waals surface area (Å²) in [6, 6.07) is 7.54. The van der Waals surface area contributed by atoms with Crippen molar-refractivity contribution in [1.29, 1.82) is 0 Å². The molecule has 4 nitrogen and oxygen atoms in total. The van der Waals surface area contributed by atoms with Gasteiger partial charge in [0.1, 0.15) is 5.75 Å². The van der Waals surface area contributed by atoms with Crippen molar-refractivity contribution in [3.63, 3.8) is 0 Å². The minimum atomic E-state index is -2.83. The highest BCUT2D eigenvalue weighted by molar-refractivity contribution is 5.60. The Bertz CT molecular complexity index is 468. The SMILES string of the molecule is Nc1cc(-c2ccc(OC(F)F)cc2)on1. The number of benzene rings is 1. The molecule has 0 saturated heterocycles. The number of nitrogens with zero attached hydrogens (tertiary/aromatic N) is 1. The normalized spacial score (nSPS) is 10.7. The summed E-state index contributed by atoms with van der Waals surface area (Å²) in [5.74, 6) is 0.829. The number of hydrogen-bond acceptors (Lipinski definition) is 4. The van der Waals surface area contributed by atoms with E-state index in [0.717, 1.165) is 0 Å². The minimum Gasteiger partial charge on any atom is -0.435 e. The molecule has 84 valence electrons. The van der Waals surface area contributed by atoms with Gasteiger partial charge in [-0.3, -0.25) is 0 Å². The fraction of sp³-hybridized carbons (Fsp3) is 0.100. The fourth-order valence-corrected chi connectivity index (χ4v) is 1.23. The van der Waals surface area contributed by atoms with Crippen LogP contribution in [0.1, 0.15) is 0 Å². The molecule has 0 saturated carbocycles. The number of rotatable bonds is 3. The smallest absolute Gasteiger partial charge is 0.387 e. The van der Waals surface area contributed by atoms with Crippen LogP contribution < -0.4 is 10.5 Å². The van der Waals surface area contributed by atoms with E-state index >= 15 is 0 Å². The second kappa shape index (κ2) is 4.18. The molecule has 1 aromatic carbocycles. The van der Waals surface area contributed by atoms with Gasteiger partial charge < -0.3 is 15.0 Å². The van der Waals surface area contributed by atoms with Gasteiger partial charge in [-0.1, -0.05) is 5.16 Å². The second-order valence-electron chi connectivity index (χ2n) is 3.02. The lowest BCUT2D eigenvalue weighted by Crippen LogP contribution is -2.01. The lowest BCUT2D eigenvalue weighted by molar-refractivity contribution is -0.0498. The third kappa shape index (κ3) is 2.28. The first-order valence-corrected chi connectivity index (χ1v) is 4.42. The van der Waals surface area contributed by atoms with Crippen LogP contribution in [-0.2, 0) is 0 Å². The molecule has 2 N–H and O–H groups in total. The van der Waals surface area contributed by atoms with Gasteiger partial charge in [0.2, 0.25) is 0 Å². The lowest BCUT2D eigenvalue weighted by Gasteiger charge is -2.03. The number of aromatic nitrogens is 1. The van der Waals surface area contributed by atoms with Gasteiger partial charge >= 0.3 is 6.61 Å². The number of nitrogens with two attached hydrogens (primary N) is 1. The van der Waals surface area contributed by atoms with E-state index in [2.05, 4.69) is 9.89 Å². The van der Waals surface area contributed by atoms with Crippen molar-refractivity contribution in [1.82, 2.24) is 5.16 Å². The van der Waals surface area contributed by atoms with E-state index in [9.17, 15) is 8.78 Å². The van der Waals surface area contributed by atoms with Crippen molar-refractivity contribution < 1.29 is 18.0 Å². The van der Waals surface area contributed by atoms with Gasteiger partial charge in [-0.2, -0.15) is 8.78 Å². The first kappa shape index (κ1) is 10.4.